The number of likely N-dealkylation sites (N-methyl/N-ethyl adjacent to an activating group) is 2. The van der Waals surface area contributed by atoms with Gasteiger partial charge in [-0.1, -0.05) is 12.1 Å². The molecular formula is C12H19ClN2O2. The standard InChI is InChI=1S/C12H18N2O2.ClH/c1-13-8-9-14(2)12(15)10-6-4-5-7-11(10)16-3;/h4-7,13H,8-9H2,1-3H3;1H. The van der Waals surface area contributed by atoms with Gasteiger partial charge >= 0.3 is 0 Å². The summed E-state index contributed by atoms with van der Waals surface area (Å²) in [6.07, 6.45) is 0. The molecule has 1 N–H and O–H groups in total. The molecule has 0 aromatic heterocycles. The van der Waals surface area contributed by atoms with Gasteiger partial charge in [0.1, 0.15) is 5.75 Å². The molecule has 0 aliphatic carbocycles. The van der Waals surface area contributed by atoms with E-state index in [0.717, 1.165) is 6.54 Å². The third kappa shape index (κ3) is 4.24. The molecule has 0 bridgehead atoms. The molecule has 1 amide bonds. The first-order chi connectivity index (χ1) is 7.70. The fourth-order valence-electron chi connectivity index (χ4n) is 1.41. The van der Waals surface area contributed by atoms with Gasteiger partial charge in [0.2, 0.25) is 0 Å². The van der Waals surface area contributed by atoms with Crippen LogP contribution in [0.4, 0.5) is 0 Å². The van der Waals surface area contributed by atoms with Crippen molar-refractivity contribution in [3.05, 3.63) is 29.8 Å². The summed E-state index contributed by atoms with van der Waals surface area (Å²) in [5, 5.41) is 3.01. The number of hydrogen-bond acceptors (Lipinski definition) is 3. The topological polar surface area (TPSA) is 41.6 Å². The van der Waals surface area contributed by atoms with E-state index in [1.54, 1.807) is 31.2 Å². The van der Waals surface area contributed by atoms with E-state index in [4.69, 9.17) is 4.74 Å². The Balaban J connectivity index is 0.00000256. The van der Waals surface area contributed by atoms with Crippen molar-refractivity contribution in [3.8, 4) is 5.75 Å². The molecule has 0 unspecified atom stereocenters. The van der Waals surface area contributed by atoms with E-state index in [-0.39, 0.29) is 18.3 Å². The number of nitrogens with zero attached hydrogens (tertiary/aromatic N) is 1. The first kappa shape index (κ1) is 15.7. The Morgan fingerprint density at radius 1 is 1.41 bits per heavy atom. The molecule has 4 nitrogen and oxygen atoms in total. The normalized spacial score (nSPS) is 9.35. The van der Waals surface area contributed by atoms with E-state index in [0.29, 0.717) is 17.9 Å². The maximum atomic E-state index is 12.0. The van der Waals surface area contributed by atoms with E-state index >= 15 is 0 Å². The molecule has 0 heterocycles. The number of amides is 1. The zero-order valence-electron chi connectivity index (χ0n) is 10.4. The van der Waals surface area contributed by atoms with Crippen molar-refractivity contribution in [1.29, 1.82) is 0 Å². The van der Waals surface area contributed by atoms with Crippen molar-refractivity contribution >= 4 is 18.3 Å². The summed E-state index contributed by atoms with van der Waals surface area (Å²) in [5.41, 5.74) is 0.601. The predicted octanol–water partition coefficient (Wildman–Crippen LogP) is 1.41. The smallest absolute Gasteiger partial charge is 0.257 e. The average Bonchev–Trinajstić information content (AvgIpc) is 2.34. The van der Waals surface area contributed by atoms with E-state index in [1.165, 1.54) is 0 Å². The van der Waals surface area contributed by atoms with Crippen molar-refractivity contribution in [2.24, 2.45) is 0 Å². The second-order valence-corrected chi connectivity index (χ2v) is 3.53. The number of ether oxygens (including phenoxy) is 1. The predicted molar refractivity (Wildman–Crippen MR) is 71.1 cm³/mol. The Kier molecular flexibility index (Phi) is 7.34. The number of methoxy groups -OCH3 is 1. The molecule has 0 atom stereocenters. The van der Waals surface area contributed by atoms with Gasteiger partial charge in [-0.2, -0.15) is 0 Å². The average molecular weight is 259 g/mol. The molecule has 0 fully saturated rings. The van der Waals surface area contributed by atoms with Crippen LogP contribution in [-0.4, -0.2) is 45.1 Å². The summed E-state index contributed by atoms with van der Waals surface area (Å²) in [6.45, 7) is 1.45. The molecule has 0 saturated heterocycles. The van der Waals surface area contributed by atoms with Gasteiger partial charge < -0.3 is 15.0 Å². The second-order valence-electron chi connectivity index (χ2n) is 3.53. The van der Waals surface area contributed by atoms with Gasteiger partial charge in [0.15, 0.2) is 0 Å². The van der Waals surface area contributed by atoms with Crippen LogP contribution < -0.4 is 10.1 Å². The monoisotopic (exact) mass is 258 g/mol. The zero-order valence-corrected chi connectivity index (χ0v) is 11.2. The number of hydrogen-bond donors (Lipinski definition) is 1. The van der Waals surface area contributed by atoms with Crippen LogP contribution in [0.2, 0.25) is 0 Å². The van der Waals surface area contributed by atoms with E-state index in [9.17, 15) is 4.79 Å². The molecule has 5 heteroatoms. The summed E-state index contributed by atoms with van der Waals surface area (Å²) in [7, 11) is 5.22. The van der Waals surface area contributed by atoms with Crippen LogP contribution in [0, 0.1) is 0 Å². The minimum absolute atomic E-state index is 0. The fraction of sp³-hybridized carbons (Fsp3) is 0.417. The number of rotatable bonds is 5. The van der Waals surface area contributed by atoms with Gasteiger partial charge in [-0.05, 0) is 19.2 Å². The largest absolute Gasteiger partial charge is 0.496 e. The van der Waals surface area contributed by atoms with Gasteiger partial charge in [-0.3, -0.25) is 4.79 Å². The summed E-state index contributed by atoms with van der Waals surface area (Å²) in [4.78, 5) is 13.7. The lowest BCUT2D eigenvalue weighted by molar-refractivity contribution is 0.0793. The number of halogens is 1. The summed E-state index contributed by atoms with van der Waals surface area (Å²) >= 11 is 0. The van der Waals surface area contributed by atoms with Gasteiger partial charge in [0.25, 0.3) is 5.91 Å². The molecule has 0 radical (unpaired) electrons. The molecule has 0 aliphatic rings. The third-order valence-corrected chi connectivity index (χ3v) is 2.38. The maximum Gasteiger partial charge on any atom is 0.257 e. The number of carbonyl (C=O) groups is 1. The van der Waals surface area contributed by atoms with E-state index < -0.39 is 0 Å². The Morgan fingerprint density at radius 3 is 2.65 bits per heavy atom. The van der Waals surface area contributed by atoms with Gasteiger partial charge in [0, 0.05) is 20.1 Å². The fourth-order valence-corrected chi connectivity index (χ4v) is 1.41. The number of para-hydroxylation sites is 1. The summed E-state index contributed by atoms with van der Waals surface area (Å²) in [6, 6.07) is 7.25. The lowest BCUT2D eigenvalue weighted by Gasteiger charge is -2.18. The van der Waals surface area contributed by atoms with Crippen molar-refractivity contribution in [2.45, 2.75) is 0 Å². The van der Waals surface area contributed by atoms with Crippen LogP contribution in [0.15, 0.2) is 24.3 Å². The van der Waals surface area contributed by atoms with E-state index in [2.05, 4.69) is 5.32 Å². The lowest BCUT2D eigenvalue weighted by Crippen LogP contribution is -2.32. The van der Waals surface area contributed by atoms with Crippen molar-refractivity contribution in [2.75, 3.05) is 34.3 Å². The van der Waals surface area contributed by atoms with E-state index in [1.807, 2.05) is 19.2 Å². The minimum atomic E-state index is -0.0206. The Labute approximate surface area is 108 Å². The van der Waals surface area contributed by atoms with Crippen LogP contribution >= 0.6 is 12.4 Å². The quantitative estimate of drug-likeness (QED) is 0.868. The lowest BCUT2D eigenvalue weighted by atomic mass is 10.2. The van der Waals surface area contributed by atoms with Crippen molar-refractivity contribution in [3.63, 3.8) is 0 Å². The number of carbonyl (C=O) groups excluding carboxylic acids is 1. The van der Waals surface area contributed by atoms with Crippen LogP contribution in [0.1, 0.15) is 10.4 Å². The van der Waals surface area contributed by atoms with Crippen LogP contribution in [0.5, 0.6) is 5.75 Å². The molecule has 1 aromatic rings. The highest BCUT2D eigenvalue weighted by Gasteiger charge is 2.15. The minimum Gasteiger partial charge on any atom is -0.496 e. The van der Waals surface area contributed by atoms with Crippen LogP contribution in [-0.2, 0) is 0 Å². The maximum absolute atomic E-state index is 12.0. The number of nitrogens with one attached hydrogen (secondary N) is 1. The summed E-state index contributed by atoms with van der Waals surface area (Å²) in [5.74, 6) is 0.594. The Morgan fingerprint density at radius 2 is 2.06 bits per heavy atom. The molecule has 0 saturated carbocycles. The SMILES string of the molecule is CNCCN(C)C(=O)c1ccccc1OC.Cl. The molecular weight excluding hydrogens is 240 g/mol. The highest BCUT2D eigenvalue weighted by Crippen LogP contribution is 2.18. The molecule has 0 spiro atoms. The number of benzene rings is 1. The second kappa shape index (κ2) is 7.92. The zero-order chi connectivity index (χ0) is 12.0. The van der Waals surface area contributed by atoms with Gasteiger partial charge in [-0.15, -0.1) is 12.4 Å². The molecule has 17 heavy (non-hydrogen) atoms. The van der Waals surface area contributed by atoms with Gasteiger partial charge in [0.05, 0.1) is 12.7 Å². The first-order valence-corrected chi connectivity index (χ1v) is 5.23. The highest BCUT2D eigenvalue weighted by atomic mass is 35.5. The molecule has 96 valence electrons. The van der Waals surface area contributed by atoms with Crippen LogP contribution in [0.25, 0.3) is 0 Å². The van der Waals surface area contributed by atoms with Crippen molar-refractivity contribution in [1.82, 2.24) is 10.2 Å². The van der Waals surface area contributed by atoms with Crippen LogP contribution in [0.3, 0.4) is 0 Å². The summed E-state index contributed by atoms with van der Waals surface area (Å²) < 4.78 is 5.16. The van der Waals surface area contributed by atoms with Crippen molar-refractivity contribution < 1.29 is 9.53 Å². The Bertz CT molecular complexity index is 358. The Hall–Kier alpha value is -1.26. The third-order valence-electron chi connectivity index (χ3n) is 2.38. The molecule has 0 aliphatic heterocycles. The van der Waals surface area contributed by atoms with Gasteiger partial charge in [-0.25, -0.2) is 0 Å². The highest BCUT2D eigenvalue weighted by molar-refractivity contribution is 5.96. The molecule has 1 aromatic carbocycles. The first-order valence-electron chi connectivity index (χ1n) is 5.23. The molecule has 1 rings (SSSR count).